The third kappa shape index (κ3) is 3.24. The van der Waals surface area contributed by atoms with Crippen LogP contribution in [0.3, 0.4) is 0 Å². The highest BCUT2D eigenvalue weighted by Crippen LogP contribution is 2.16. The summed E-state index contributed by atoms with van der Waals surface area (Å²) in [5, 5.41) is 18.5. The molecule has 0 spiro atoms. The third-order valence-corrected chi connectivity index (χ3v) is 2.79. The molecule has 0 aliphatic heterocycles. The lowest BCUT2D eigenvalue weighted by Gasteiger charge is -2.02. The molecule has 0 fully saturated rings. The van der Waals surface area contributed by atoms with Crippen LogP contribution in [-0.4, -0.2) is 32.7 Å². The number of nitrogens with one attached hydrogen (secondary N) is 1. The maximum Gasteiger partial charge on any atom is 0.243 e. The van der Waals surface area contributed by atoms with E-state index in [1.807, 2.05) is 23.8 Å². The second kappa shape index (κ2) is 5.54. The molecule has 0 bridgehead atoms. The lowest BCUT2D eigenvalue weighted by atomic mass is 10.3. The first-order valence-electron chi connectivity index (χ1n) is 5.36. The Morgan fingerprint density at radius 1 is 1.61 bits per heavy atom. The molecule has 1 amide bonds. The van der Waals surface area contributed by atoms with Gasteiger partial charge in [0.1, 0.15) is 6.54 Å². The predicted molar refractivity (Wildman–Crippen MR) is 69.0 cm³/mol. The minimum absolute atomic E-state index is 0.0599. The van der Waals surface area contributed by atoms with Crippen molar-refractivity contribution in [1.29, 1.82) is 0 Å². The Kier molecular flexibility index (Phi) is 3.83. The number of tetrazole rings is 1. The summed E-state index contributed by atoms with van der Waals surface area (Å²) in [5.74, 6) is 0.371. The molecule has 0 aliphatic rings. The quantitative estimate of drug-likeness (QED) is 0.820. The zero-order valence-corrected chi connectivity index (χ0v) is 10.8. The van der Waals surface area contributed by atoms with Gasteiger partial charge in [-0.25, -0.2) is 0 Å². The summed E-state index contributed by atoms with van der Waals surface area (Å²) in [5.41, 5.74) is 1.81. The molecule has 0 saturated carbocycles. The van der Waals surface area contributed by atoms with E-state index in [1.54, 1.807) is 11.3 Å². The highest BCUT2D eigenvalue weighted by Gasteiger charge is 2.08. The summed E-state index contributed by atoms with van der Waals surface area (Å²) in [6.45, 7) is 6.08. The molecule has 2 heterocycles. The summed E-state index contributed by atoms with van der Waals surface area (Å²) >= 11 is 1.56. The molecular weight excluding hydrogens is 250 g/mol. The minimum Gasteiger partial charge on any atom is -0.351 e. The van der Waals surface area contributed by atoms with Gasteiger partial charge in [0.15, 0.2) is 0 Å². The van der Waals surface area contributed by atoms with Crippen LogP contribution in [-0.2, 0) is 11.3 Å². The van der Waals surface area contributed by atoms with Crippen molar-refractivity contribution >= 4 is 17.2 Å². The van der Waals surface area contributed by atoms with Crippen molar-refractivity contribution < 1.29 is 4.79 Å². The van der Waals surface area contributed by atoms with Gasteiger partial charge in [0.05, 0.1) is 0 Å². The van der Waals surface area contributed by atoms with Gasteiger partial charge >= 0.3 is 0 Å². The molecule has 94 valence electrons. The van der Waals surface area contributed by atoms with Crippen LogP contribution < -0.4 is 5.32 Å². The molecule has 0 radical (unpaired) electrons. The standard InChI is InChI=1S/C11H13N5OS/c1-8(2)5-12-10(17)6-16-14-11(13-15-16)9-3-4-18-7-9/h3-4,7H,1,5-6H2,2H3,(H,12,17). The van der Waals surface area contributed by atoms with Crippen LogP contribution in [0.5, 0.6) is 0 Å². The van der Waals surface area contributed by atoms with Gasteiger partial charge in [0, 0.05) is 17.5 Å². The fourth-order valence-corrected chi connectivity index (χ4v) is 1.89. The first-order valence-corrected chi connectivity index (χ1v) is 6.31. The van der Waals surface area contributed by atoms with Crippen molar-refractivity contribution in [2.75, 3.05) is 6.54 Å². The topological polar surface area (TPSA) is 72.7 Å². The van der Waals surface area contributed by atoms with Crippen LogP contribution in [0.4, 0.5) is 0 Å². The highest BCUT2D eigenvalue weighted by molar-refractivity contribution is 7.08. The molecular formula is C11H13N5OS. The van der Waals surface area contributed by atoms with Crippen LogP contribution in [0, 0.1) is 0 Å². The van der Waals surface area contributed by atoms with Crippen LogP contribution in [0.15, 0.2) is 29.0 Å². The minimum atomic E-state index is -0.160. The van der Waals surface area contributed by atoms with E-state index in [4.69, 9.17) is 0 Å². The molecule has 18 heavy (non-hydrogen) atoms. The first-order chi connectivity index (χ1) is 8.65. The fourth-order valence-electron chi connectivity index (χ4n) is 1.25. The molecule has 2 aromatic rings. The smallest absolute Gasteiger partial charge is 0.243 e. The lowest BCUT2D eigenvalue weighted by molar-refractivity contribution is -0.121. The number of carbonyl (C=O) groups excluding carboxylic acids is 1. The largest absolute Gasteiger partial charge is 0.351 e. The van der Waals surface area contributed by atoms with Crippen molar-refractivity contribution in [3.63, 3.8) is 0 Å². The van der Waals surface area contributed by atoms with Crippen LogP contribution in [0.1, 0.15) is 6.92 Å². The predicted octanol–water partition coefficient (Wildman–Crippen LogP) is 1.09. The van der Waals surface area contributed by atoms with Crippen LogP contribution in [0.2, 0.25) is 0 Å². The number of aromatic nitrogens is 4. The lowest BCUT2D eigenvalue weighted by Crippen LogP contribution is -2.29. The molecule has 0 aliphatic carbocycles. The van der Waals surface area contributed by atoms with Gasteiger partial charge in [-0.2, -0.15) is 16.1 Å². The Balaban J connectivity index is 1.95. The zero-order valence-electron chi connectivity index (χ0n) is 9.96. The van der Waals surface area contributed by atoms with Gasteiger partial charge in [-0.05, 0) is 23.6 Å². The van der Waals surface area contributed by atoms with Gasteiger partial charge in [0.2, 0.25) is 11.7 Å². The number of amides is 1. The SMILES string of the molecule is C=C(C)CNC(=O)Cn1nnc(-c2ccsc2)n1. The normalized spacial score (nSPS) is 10.3. The molecule has 7 heteroatoms. The maximum atomic E-state index is 11.5. The molecule has 0 unspecified atom stereocenters. The van der Waals surface area contributed by atoms with Crippen molar-refractivity contribution in [3.05, 3.63) is 29.0 Å². The Bertz CT molecular complexity index is 546. The van der Waals surface area contributed by atoms with Crippen LogP contribution >= 0.6 is 11.3 Å². The third-order valence-electron chi connectivity index (χ3n) is 2.10. The van der Waals surface area contributed by atoms with E-state index >= 15 is 0 Å². The van der Waals surface area contributed by atoms with Crippen molar-refractivity contribution in [1.82, 2.24) is 25.5 Å². The fraction of sp³-hybridized carbons (Fsp3) is 0.273. The molecule has 0 atom stereocenters. The van der Waals surface area contributed by atoms with Gasteiger partial charge in [-0.3, -0.25) is 4.79 Å². The van der Waals surface area contributed by atoms with E-state index in [2.05, 4.69) is 27.3 Å². The first kappa shape index (κ1) is 12.4. The van der Waals surface area contributed by atoms with Gasteiger partial charge in [-0.15, -0.1) is 10.2 Å². The molecule has 2 aromatic heterocycles. The summed E-state index contributed by atoms with van der Waals surface area (Å²) in [6, 6.07) is 1.91. The molecule has 0 aromatic carbocycles. The second-order valence-corrected chi connectivity index (χ2v) is 4.67. The Hall–Kier alpha value is -2.02. The van der Waals surface area contributed by atoms with E-state index in [0.29, 0.717) is 12.4 Å². The van der Waals surface area contributed by atoms with E-state index in [-0.39, 0.29) is 12.5 Å². The average molecular weight is 263 g/mol. The summed E-state index contributed by atoms with van der Waals surface area (Å²) in [6.07, 6.45) is 0. The van der Waals surface area contributed by atoms with Gasteiger partial charge in [-0.1, -0.05) is 12.2 Å². The van der Waals surface area contributed by atoms with Crippen molar-refractivity contribution in [2.24, 2.45) is 0 Å². The summed E-state index contributed by atoms with van der Waals surface area (Å²) < 4.78 is 0. The van der Waals surface area contributed by atoms with Gasteiger partial charge in [0.25, 0.3) is 0 Å². The molecule has 0 saturated heterocycles. The number of thiophene rings is 1. The second-order valence-electron chi connectivity index (χ2n) is 3.89. The van der Waals surface area contributed by atoms with E-state index in [0.717, 1.165) is 11.1 Å². The maximum absolute atomic E-state index is 11.5. The average Bonchev–Trinajstić information content (AvgIpc) is 2.95. The monoisotopic (exact) mass is 263 g/mol. The van der Waals surface area contributed by atoms with E-state index < -0.39 is 0 Å². The Morgan fingerprint density at radius 3 is 3.11 bits per heavy atom. The highest BCUT2D eigenvalue weighted by atomic mass is 32.1. The van der Waals surface area contributed by atoms with Crippen LogP contribution in [0.25, 0.3) is 11.4 Å². The number of nitrogens with zero attached hydrogens (tertiary/aromatic N) is 4. The van der Waals surface area contributed by atoms with Crippen molar-refractivity contribution in [3.8, 4) is 11.4 Å². The Labute approximate surface area is 108 Å². The van der Waals surface area contributed by atoms with Gasteiger partial charge < -0.3 is 5.32 Å². The number of rotatable bonds is 5. The number of hydrogen-bond donors (Lipinski definition) is 1. The summed E-state index contributed by atoms with van der Waals surface area (Å²) in [4.78, 5) is 12.8. The van der Waals surface area contributed by atoms with E-state index in [1.165, 1.54) is 4.80 Å². The zero-order chi connectivity index (χ0) is 13.0. The molecule has 6 nitrogen and oxygen atoms in total. The van der Waals surface area contributed by atoms with E-state index in [9.17, 15) is 4.79 Å². The number of carbonyl (C=O) groups is 1. The van der Waals surface area contributed by atoms with Crippen molar-refractivity contribution in [2.45, 2.75) is 13.5 Å². The Morgan fingerprint density at radius 2 is 2.44 bits per heavy atom. The summed E-state index contributed by atoms with van der Waals surface area (Å²) in [7, 11) is 0. The number of hydrogen-bond acceptors (Lipinski definition) is 5. The molecule has 2 rings (SSSR count). The molecule has 1 N–H and O–H groups in total.